The Hall–Kier alpha value is -2.22. The van der Waals surface area contributed by atoms with E-state index < -0.39 is 21.1 Å². The number of hydrogen-bond donors (Lipinski definition) is 1. The zero-order valence-corrected chi connectivity index (χ0v) is 14.2. The van der Waals surface area contributed by atoms with Crippen molar-refractivity contribution in [3.05, 3.63) is 41.3 Å². The van der Waals surface area contributed by atoms with Gasteiger partial charge in [0.1, 0.15) is 6.04 Å². The van der Waals surface area contributed by atoms with Gasteiger partial charge in [-0.3, -0.25) is 4.79 Å². The van der Waals surface area contributed by atoms with E-state index in [1.807, 2.05) is 26.8 Å². The molecular weight excluding hydrogens is 318 g/mol. The van der Waals surface area contributed by atoms with Gasteiger partial charge in [-0.2, -0.15) is 0 Å². The molecule has 0 fully saturated rings. The molecule has 7 nitrogen and oxygen atoms in total. The second kappa shape index (κ2) is 6.49. The molecule has 2 rings (SSSR count). The molecule has 0 saturated heterocycles. The number of amides is 1. The van der Waals surface area contributed by atoms with E-state index in [1.165, 1.54) is 0 Å². The molecule has 0 aliphatic heterocycles. The van der Waals surface area contributed by atoms with Gasteiger partial charge in [-0.1, -0.05) is 36.6 Å². The molecule has 124 valence electrons. The fraction of sp³-hybridized carbons (Fsp3) is 0.400. The molecule has 1 amide bonds. The SMILES string of the molecule is Cc1cccc(C(=O)N[C@H](c2nnc(S(C)(=O)=O)o2)C(C)C)c1. The lowest BCUT2D eigenvalue weighted by Gasteiger charge is -2.18. The number of carbonyl (C=O) groups is 1. The van der Waals surface area contributed by atoms with E-state index in [9.17, 15) is 13.2 Å². The van der Waals surface area contributed by atoms with Crippen LogP contribution in [0.25, 0.3) is 0 Å². The highest BCUT2D eigenvalue weighted by Crippen LogP contribution is 2.22. The van der Waals surface area contributed by atoms with E-state index >= 15 is 0 Å². The maximum atomic E-state index is 12.4. The van der Waals surface area contributed by atoms with Crippen molar-refractivity contribution >= 4 is 15.7 Å². The van der Waals surface area contributed by atoms with Crippen molar-refractivity contribution < 1.29 is 17.6 Å². The average Bonchev–Trinajstić information content (AvgIpc) is 2.93. The van der Waals surface area contributed by atoms with Crippen LogP contribution >= 0.6 is 0 Å². The summed E-state index contributed by atoms with van der Waals surface area (Å²) in [5, 5.41) is 9.64. The number of nitrogens with one attached hydrogen (secondary N) is 1. The first-order valence-electron chi connectivity index (χ1n) is 7.09. The van der Waals surface area contributed by atoms with Crippen molar-refractivity contribution in [1.82, 2.24) is 15.5 Å². The van der Waals surface area contributed by atoms with Crippen LogP contribution in [0.1, 0.15) is 41.7 Å². The van der Waals surface area contributed by atoms with E-state index in [0.717, 1.165) is 11.8 Å². The first-order valence-corrected chi connectivity index (χ1v) is 8.98. The summed E-state index contributed by atoms with van der Waals surface area (Å²) in [6.45, 7) is 5.63. The Kier molecular flexibility index (Phi) is 4.84. The molecule has 1 heterocycles. The predicted octanol–water partition coefficient (Wildman–Crippen LogP) is 1.91. The summed E-state index contributed by atoms with van der Waals surface area (Å²) >= 11 is 0. The van der Waals surface area contributed by atoms with Crippen molar-refractivity contribution in [3.63, 3.8) is 0 Å². The number of aromatic nitrogens is 2. The molecule has 8 heteroatoms. The van der Waals surface area contributed by atoms with Gasteiger partial charge in [0.05, 0.1) is 0 Å². The van der Waals surface area contributed by atoms with Gasteiger partial charge in [0.15, 0.2) is 0 Å². The van der Waals surface area contributed by atoms with Gasteiger partial charge in [0.2, 0.25) is 15.7 Å². The highest BCUT2D eigenvalue weighted by atomic mass is 32.2. The number of sulfone groups is 1. The summed E-state index contributed by atoms with van der Waals surface area (Å²) in [5.41, 5.74) is 1.48. The quantitative estimate of drug-likeness (QED) is 0.894. The van der Waals surface area contributed by atoms with Gasteiger partial charge in [-0.15, -0.1) is 5.10 Å². The highest BCUT2D eigenvalue weighted by molar-refractivity contribution is 7.90. The van der Waals surface area contributed by atoms with Gasteiger partial charge in [0.25, 0.3) is 5.91 Å². The van der Waals surface area contributed by atoms with E-state index in [1.54, 1.807) is 18.2 Å². The molecule has 2 aromatic rings. The molecule has 1 atom stereocenters. The molecular formula is C15H19N3O4S. The fourth-order valence-corrected chi connectivity index (χ4v) is 2.45. The minimum Gasteiger partial charge on any atom is -0.410 e. The fourth-order valence-electron chi connectivity index (χ4n) is 2.02. The third-order valence-electron chi connectivity index (χ3n) is 3.24. The standard InChI is InChI=1S/C15H19N3O4S/c1-9(2)12(14-17-18-15(22-14)23(4,20)21)16-13(19)11-7-5-6-10(3)8-11/h5-9,12H,1-4H3,(H,16,19)/t12-/m0/s1. The normalized spacial score (nSPS) is 13.1. The summed E-state index contributed by atoms with van der Waals surface area (Å²) in [7, 11) is -3.58. The van der Waals surface area contributed by atoms with E-state index in [2.05, 4.69) is 15.5 Å². The lowest BCUT2D eigenvalue weighted by molar-refractivity contribution is 0.0915. The largest absolute Gasteiger partial charge is 0.410 e. The smallest absolute Gasteiger partial charge is 0.335 e. The summed E-state index contributed by atoms with van der Waals surface area (Å²) in [6, 6.07) is 6.58. The lowest BCUT2D eigenvalue weighted by atomic mass is 10.0. The molecule has 1 N–H and O–H groups in total. The Morgan fingerprint density at radius 2 is 1.96 bits per heavy atom. The monoisotopic (exact) mass is 337 g/mol. The van der Waals surface area contributed by atoms with Crippen LogP contribution in [-0.2, 0) is 9.84 Å². The van der Waals surface area contributed by atoms with Crippen molar-refractivity contribution in [2.24, 2.45) is 5.92 Å². The van der Waals surface area contributed by atoms with Crippen LogP contribution in [0.5, 0.6) is 0 Å². The van der Waals surface area contributed by atoms with Gasteiger partial charge in [-0.25, -0.2) is 8.42 Å². The highest BCUT2D eigenvalue weighted by Gasteiger charge is 2.27. The maximum Gasteiger partial charge on any atom is 0.335 e. The van der Waals surface area contributed by atoms with Crippen LogP contribution in [0, 0.1) is 12.8 Å². The molecule has 1 aromatic heterocycles. The Bertz CT molecular complexity index is 812. The van der Waals surface area contributed by atoms with Gasteiger partial charge < -0.3 is 9.73 Å². The number of aryl methyl sites for hydroxylation is 1. The topological polar surface area (TPSA) is 102 Å². The maximum absolute atomic E-state index is 12.4. The third-order valence-corrected chi connectivity index (χ3v) is 4.04. The van der Waals surface area contributed by atoms with Crippen LogP contribution in [0.2, 0.25) is 0 Å². The Balaban J connectivity index is 2.26. The Morgan fingerprint density at radius 1 is 1.26 bits per heavy atom. The van der Waals surface area contributed by atoms with Crippen LogP contribution in [0.15, 0.2) is 33.9 Å². The van der Waals surface area contributed by atoms with Gasteiger partial charge in [0, 0.05) is 11.8 Å². The van der Waals surface area contributed by atoms with Crippen molar-refractivity contribution in [2.75, 3.05) is 6.26 Å². The van der Waals surface area contributed by atoms with Crippen LogP contribution in [-0.4, -0.2) is 30.8 Å². The molecule has 0 aliphatic rings. The van der Waals surface area contributed by atoms with Gasteiger partial charge >= 0.3 is 5.22 Å². The second-order valence-corrected chi connectivity index (χ2v) is 7.64. The summed E-state index contributed by atoms with van der Waals surface area (Å²) in [5.74, 6) is -0.274. The summed E-state index contributed by atoms with van der Waals surface area (Å²) < 4.78 is 28.1. The first-order chi connectivity index (χ1) is 10.7. The Labute approximate surface area is 135 Å². The van der Waals surface area contributed by atoms with Gasteiger partial charge in [-0.05, 0) is 25.0 Å². The molecule has 0 spiro atoms. The van der Waals surface area contributed by atoms with E-state index in [0.29, 0.717) is 5.56 Å². The molecule has 0 unspecified atom stereocenters. The summed E-state index contributed by atoms with van der Waals surface area (Å²) in [4.78, 5) is 12.4. The first kappa shape index (κ1) is 17.1. The molecule has 23 heavy (non-hydrogen) atoms. The minimum atomic E-state index is -3.58. The average molecular weight is 337 g/mol. The Morgan fingerprint density at radius 3 is 2.48 bits per heavy atom. The lowest BCUT2D eigenvalue weighted by Crippen LogP contribution is -2.32. The number of carbonyl (C=O) groups excluding carboxylic acids is 1. The number of nitrogens with zero attached hydrogens (tertiary/aromatic N) is 2. The molecule has 0 radical (unpaired) electrons. The van der Waals surface area contributed by atoms with Crippen molar-refractivity contribution in [1.29, 1.82) is 0 Å². The molecule has 1 aromatic carbocycles. The summed E-state index contributed by atoms with van der Waals surface area (Å²) in [6.07, 6.45) is 0.986. The van der Waals surface area contributed by atoms with Crippen molar-refractivity contribution in [3.8, 4) is 0 Å². The predicted molar refractivity (Wildman–Crippen MR) is 83.6 cm³/mol. The van der Waals surface area contributed by atoms with Crippen LogP contribution < -0.4 is 5.32 Å². The second-order valence-electron chi connectivity index (χ2n) is 5.74. The zero-order chi connectivity index (χ0) is 17.2. The molecule has 0 saturated carbocycles. The minimum absolute atomic E-state index is 0.0587. The van der Waals surface area contributed by atoms with Crippen LogP contribution in [0.3, 0.4) is 0 Å². The van der Waals surface area contributed by atoms with Crippen LogP contribution in [0.4, 0.5) is 0 Å². The number of rotatable bonds is 5. The third kappa shape index (κ3) is 4.16. The van der Waals surface area contributed by atoms with E-state index in [-0.39, 0.29) is 17.7 Å². The molecule has 0 bridgehead atoms. The molecule has 0 aliphatic carbocycles. The zero-order valence-electron chi connectivity index (χ0n) is 13.4. The number of hydrogen-bond acceptors (Lipinski definition) is 6. The number of benzene rings is 1. The van der Waals surface area contributed by atoms with E-state index in [4.69, 9.17) is 4.42 Å². The van der Waals surface area contributed by atoms with Crippen molar-refractivity contribution in [2.45, 2.75) is 32.0 Å².